The molecule has 0 bridgehead atoms. The summed E-state index contributed by atoms with van der Waals surface area (Å²) >= 11 is 3.47. The maximum atomic E-state index is 13.1. The third kappa shape index (κ3) is 6.11. The molecule has 9 heteroatoms. The maximum Gasteiger partial charge on any atom is 0.336 e. The summed E-state index contributed by atoms with van der Waals surface area (Å²) in [6.45, 7) is 4.48. The zero-order valence-corrected chi connectivity index (χ0v) is 25.7. The zero-order valence-electron chi connectivity index (χ0n) is 22.7. The quantitative estimate of drug-likeness (QED) is 0.152. The minimum Gasteiger partial charge on any atom is -0.490 e. The summed E-state index contributed by atoms with van der Waals surface area (Å²) in [6.07, 6.45) is 1.81. The lowest BCUT2D eigenvalue weighted by Gasteiger charge is -2.16. The largest absolute Gasteiger partial charge is 0.490 e. The van der Waals surface area contributed by atoms with Crippen LogP contribution in [-0.4, -0.2) is 40.7 Å². The molecule has 0 radical (unpaired) electrons. The van der Waals surface area contributed by atoms with Crippen molar-refractivity contribution in [2.45, 2.75) is 20.5 Å². The Morgan fingerprint density at radius 1 is 1.07 bits per heavy atom. The maximum absolute atomic E-state index is 13.1. The van der Waals surface area contributed by atoms with Gasteiger partial charge in [0.15, 0.2) is 16.7 Å². The van der Waals surface area contributed by atoms with Crippen LogP contribution in [0.15, 0.2) is 82.7 Å². The molecular formula is C32H27IN2O5S. The second-order valence-corrected chi connectivity index (χ2v) is 11.5. The minimum atomic E-state index is -1.02. The van der Waals surface area contributed by atoms with Crippen molar-refractivity contribution in [3.8, 4) is 11.5 Å². The molecule has 0 spiro atoms. The smallest absolute Gasteiger partial charge is 0.336 e. The molecular weight excluding hydrogens is 651 g/mol. The van der Waals surface area contributed by atoms with Gasteiger partial charge in [0.05, 0.1) is 26.3 Å². The number of carboxylic acids is 1. The van der Waals surface area contributed by atoms with Crippen LogP contribution < -0.4 is 9.47 Å². The van der Waals surface area contributed by atoms with Gasteiger partial charge in [0, 0.05) is 7.05 Å². The Kier molecular flexibility index (Phi) is 8.65. The van der Waals surface area contributed by atoms with E-state index < -0.39 is 5.97 Å². The van der Waals surface area contributed by atoms with E-state index in [0.29, 0.717) is 46.0 Å². The first kappa shape index (κ1) is 28.7. The minimum absolute atomic E-state index is 0.181. The van der Waals surface area contributed by atoms with Gasteiger partial charge in [-0.1, -0.05) is 48.5 Å². The summed E-state index contributed by atoms with van der Waals surface area (Å²) in [5.74, 6) is 0.0503. The highest BCUT2D eigenvalue weighted by Gasteiger charge is 2.31. The number of likely N-dealkylation sites (N-methyl/N-ethyl adjacent to an activating group) is 1. The number of carbonyl (C=O) groups excluding carboxylic acids is 1. The van der Waals surface area contributed by atoms with Crippen molar-refractivity contribution in [3.63, 3.8) is 0 Å². The molecule has 208 valence electrons. The SMILES string of the molecule is CCOc1cc(/C=C2\SC(=Nc3cccc(C(=O)O)c3C)N(C)C2=O)cc(I)c1OCc1cccc2ccccc12. The monoisotopic (exact) mass is 678 g/mol. The lowest BCUT2D eigenvalue weighted by Crippen LogP contribution is -2.23. The van der Waals surface area contributed by atoms with E-state index in [9.17, 15) is 14.7 Å². The average Bonchev–Trinajstić information content (AvgIpc) is 3.21. The third-order valence-electron chi connectivity index (χ3n) is 6.64. The number of amides is 1. The van der Waals surface area contributed by atoms with E-state index in [2.05, 4.69) is 51.8 Å². The fraction of sp³-hybridized carbons (Fsp3) is 0.156. The number of amidine groups is 1. The number of carboxylic acid groups (broad SMARTS) is 1. The first-order valence-electron chi connectivity index (χ1n) is 12.9. The molecule has 5 rings (SSSR count). The lowest BCUT2D eigenvalue weighted by atomic mass is 10.1. The van der Waals surface area contributed by atoms with Gasteiger partial charge in [-0.05, 0) is 106 Å². The standard InChI is InChI=1S/C32H27IN2O5S/c1-4-39-27-16-20(15-25(33)29(27)40-18-22-11-7-10-21-9-5-6-12-24(21)22)17-28-30(36)35(3)32(41-28)34-26-14-8-13-23(19(26)2)31(37)38/h5-17H,4,18H2,1-3H3,(H,37,38)/b28-17-,34-32?. The number of aliphatic imine (C=N–C) groups is 1. The molecule has 1 amide bonds. The lowest BCUT2D eigenvalue weighted by molar-refractivity contribution is -0.121. The first-order valence-corrected chi connectivity index (χ1v) is 14.8. The number of hydrogen-bond acceptors (Lipinski definition) is 6. The van der Waals surface area contributed by atoms with Gasteiger partial charge in [-0.15, -0.1) is 0 Å². The summed E-state index contributed by atoms with van der Waals surface area (Å²) in [6, 6.07) is 23.1. The average molecular weight is 679 g/mol. The molecule has 41 heavy (non-hydrogen) atoms. The Labute approximate surface area is 256 Å². The van der Waals surface area contributed by atoms with Crippen molar-refractivity contribution in [1.82, 2.24) is 4.90 Å². The number of fused-ring (bicyclic) bond motifs is 1. The Hall–Kier alpha value is -3.83. The van der Waals surface area contributed by atoms with E-state index in [1.54, 1.807) is 26.1 Å². The van der Waals surface area contributed by atoms with Crippen LogP contribution in [-0.2, 0) is 11.4 Å². The molecule has 1 saturated heterocycles. The number of thioether (sulfide) groups is 1. The molecule has 0 unspecified atom stereocenters. The van der Waals surface area contributed by atoms with E-state index >= 15 is 0 Å². The van der Waals surface area contributed by atoms with Crippen molar-refractivity contribution >= 4 is 73.9 Å². The molecule has 0 saturated carbocycles. The molecule has 4 aromatic rings. The van der Waals surface area contributed by atoms with Crippen LogP contribution in [0.5, 0.6) is 11.5 Å². The van der Waals surface area contributed by atoms with Crippen LogP contribution in [0, 0.1) is 10.5 Å². The summed E-state index contributed by atoms with van der Waals surface area (Å²) in [7, 11) is 1.66. The number of carbonyl (C=O) groups is 2. The predicted octanol–water partition coefficient (Wildman–Crippen LogP) is 7.66. The normalized spacial score (nSPS) is 15.2. The van der Waals surface area contributed by atoms with Gasteiger partial charge in [0.1, 0.15) is 6.61 Å². The summed E-state index contributed by atoms with van der Waals surface area (Å²) in [5, 5.41) is 12.2. The summed E-state index contributed by atoms with van der Waals surface area (Å²) in [4.78, 5) is 31.2. The van der Waals surface area contributed by atoms with Crippen molar-refractivity contribution in [1.29, 1.82) is 0 Å². The van der Waals surface area contributed by atoms with Gasteiger partial charge in [0.2, 0.25) is 0 Å². The van der Waals surface area contributed by atoms with E-state index in [-0.39, 0.29) is 11.5 Å². The van der Waals surface area contributed by atoms with Gasteiger partial charge in [-0.25, -0.2) is 9.79 Å². The van der Waals surface area contributed by atoms with Gasteiger partial charge < -0.3 is 14.6 Å². The number of aromatic carboxylic acids is 1. The van der Waals surface area contributed by atoms with Crippen LogP contribution in [0.4, 0.5) is 5.69 Å². The second-order valence-electron chi connectivity index (χ2n) is 9.31. The van der Waals surface area contributed by atoms with Gasteiger partial charge in [0.25, 0.3) is 5.91 Å². The number of halogens is 1. The Morgan fingerprint density at radius 3 is 2.61 bits per heavy atom. The van der Waals surface area contributed by atoms with Crippen molar-refractivity contribution < 1.29 is 24.2 Å². The molecule has 0 atom stereocenters. The fourth-order valence-corrected chi connectivity index (χ4v) is 6.29. The molecule has 1 N–H and O–H groups in total. The summed E-state index contributed by atoms with van der Waals surface area (Å²) in [5.41, 5.74) is 3.11. The second kappa shape index (κ2) is 12.4. The van der Waals surface area contributed by atoms with E-state index in [1.807, 2.05) is 43.3 Å². The number of benzene rings is 4. The van der Waals surface area contributed by atoms with Gasteiger partial charge in [-0.2, -0.15) is 0 Å². The number of ether oxygens (including phenoxy) is 2. The van der Waals surface area contributed by atoms with Crippen LogP contribution in [0.1, 0.15) is 34.0 Å². The van der Waals surface area contributed by atoms with E-state index in [4.69, 9.17) is 9.47 Å². The molecule has 7 nitrogen and oxygen atoms in total. The molecule has 1 heterocycles. The first-order chi connectivity index (χ1) is 19.8. The third-order valence-corrected chi connectivity index (χ3v) is 8.50. The van der Waals surface area contributed by atoms with Crippen LogP contribution >= 0.6 is 34.4 Å². The number of hydrogen-bond donors (Lipinski definition) is 1. The van der Waals surface area contributed by atoms with Crippen LogP contribution in [0.2, 0.25) is 0 Å². The van der Waals surface area contributed by atoms with Crippen LogP contribution in [0.25, 0.3) is 16.8 Å². The highest BCUT2D eigenvalue weighted by molar-refractivity contribution is 14.1. The molecule has 1 aliphatic rings. The summed E-state index contributed by atoms with van der Waals surface area (Å²) < 4.78 is 13.1. The zero-order chi connectivity index (χ0) is 29.1. The molecule has 1 fully saturated rings. The van der Waals surface area contributed by atoms with Crippen molar-refractivity contribution in [2.75, 3.05) is 13.7 Å². The highest BCUT2D eigenvalue weighted by atomic mass is 127. The van der Waals surface area contributed by atoms with Crippen molar-refractivity contribution in [2.24, 2.45) is 4.99 Å². The topological polar surface area (TPSA) is 88.4 Å². The Bertz CT molecular complexity index is 1730. The highest BCUT2D eigenvalue weighted by Crippen LogP contribution is 2.39. The van der Waals surface area contributed by atoms with Gasteiger partial charge in [-0.3, -0.25) is 9.69 Å². The molecule has 0 aliphatic carbocycles. The predicted molar refractivity (Wildman–Crippen MR) is 172 cm³/mol. The van der Waals surface area contributed by atoms with E-state index in [0.717, 1.165) is 25.5 Å². The Balaban J connectivity index is 1.42. The van der Waals surface area contributed by atoms with Crippen molar-refractivity contribution in [3.05, 3.63) is 104 Å². The molecule has 1 aliphatic heterocycles. The molecule has 0 aromatic heterocycles. The van der Waals surface area contributed by atoms with E-state index in [1.165, 1.54) is 22.7 Å². The number of nitrogens with zero attached hydrogens (tertiary/aromatic N) is 2. The number of rotatable bonds is 8. The van der Waals surface area contributed by atoms with Crippen LogP contribution in [0.3, 0.4) is 0 Å². The molecule has 4 aromatic carbocycles. The Morgan fingerprint density at radius 2 is 1.83 bits per heavy atom. The fourth-order valence-electron chi connectivity index (χ4n) is 4.52. The van der Waals surface area contributed by atoms with Gasteiger partial charge >= 0.3 is 5.97 Å².